The van der Waals surface area contributed by atoms with Gasteiger partial charge in [0.25, 0.3) is 5.91 Å². The molecular formula is C18H18BrNO4. The van der Waals surface area contributed by atoms with Crippen LogP contribution in [-0.2, 0) is 4.79 Å². The van der Waals surface area contributed by atoms with Gasteiger partial charge in [-0.25, -0.2) is 4.99 Å². The fourth-order valence-electron chi connectivity index (χ4n) is 1.99. The second kappa shape index (κ2) is 7.97. The Balaban J connectivity index is 2.08. The summed E-state index contributed by atoms with van der Waals surface area (Å²) < 4.78 is 11.4. The molecule has 0 aromatic heterocycles. The molecule has 1 N–H and O–H groups in total. The van der Waals surface area contributed by atoms with Crippen LogP contribution in [0.2, 0.25) is 0 Å². The summed E-state index contributed by atoms with van der Waals surface area (Å²) in [6.07, 6.45) is 0.539. The zero-order valence-electron chi connectivity index (χ0n) is 13.6. The van der Waals surface area contributed by atoms with Gasteiger partial charge in [0, 0.05) is 11.8 Å². The first-order chi connectivity index (χ1) is 11.4. The number of hydrogen-bond donors (Lipinski definition) is 1. The second-order valence-electron chi connectivity index (χ2n) is 5.19. The van der Waals surface area contributed by atoms with E-state index >= 15 is 0 Å². The number of methoxy groups -OCH3 is 1. The number of amides is 1. The maximum Gasteiger partial charge on any atom is 0.286 e. The molecule has 6 heteroatoms. The van der Waals surface area contributed by atoms with Gasteiger partial charge in [-0.1, -0.05) is 12.1 Å². The van der Waals surface area contributed by atoms with Gasteiger partial charge in [0.2, 0.25) is 0 Å². The lowest BCUT2D eigenvalue weighted by Gasteiger charge is -2.13. The number of hydrogen-bond acceptors (Lipinski definition) is 4. The number of para-hydroxylation sites is 1. The molecular weight excluding hydrogens is 374 g/mol. The molecule has 0 aliphatic rings. The average molecular weight is 392 g/mol. The fourth-order valence-corrected chi connectivity index (χ4v) is 2.58. The van der Waals surface area contributed by atoms with E-state index in [1.807, 2.05) is 19.1 Å². The van der Waals surface area contributed by atoms with Gasteiger partial charge in [0.05, 0.1) is 11.6 Å². The number of phenolic OH excluding ortho intramolecular Hbond substituents is 1. The van der Waals surface area contributed by atoms with Gasteiger partial charge >= 0.3 is 0 Å². The van der Waals surface area contributed by atoms with E-state index in [9.17, 15) is 9.90 Å². The van der Waals surface area contributed by atoms with Crippen LogP contribution in [0.5, 0.6) is 17.2 Å². The van der Waals surface area contributed by atoms with E-state index in [4.69, 9.17) is 9.47 Å². The van der Waals surface area contributed by atoms with Crippen LogP contribution in [-0.4, -0.2) is 30.4 Å². The van der Waals surface area contributed by atoms with E-state index in [-0.39, 0.29) is 5.75 Å². The predicted molar refractivity (Wildman–Crippen MR) is 96.2 cm³/mol. The van der Waals surface area contributed by atoms with E-state index in [2.05, 4.69) is 20.9 Å². The number of ether oxygens (including phenoxy) is 2. The summed E-state index contributed by atoms with van der Waals surface area (Å²) in [7, 11) is 1.45. The number of carbonyl (C=O) groups excluding carboxylic acids is 1. The number of aryl methyl sites for hydroxylation is 1. The van der Waals surface area contributed by atoms with Crippen molar-refractivity contribution in [1.29, 1.82) is 0 Å². The van der Waals surface area contributed by atoms with Gasteiger partial charge < -0.3 is 14.6 Å². The molecule has 0 spiro atoms. The molecule has 0 heterocycles. The lowest BCUT2D eigenvalue weighted by molar-refractivity contribution is -0.123. The zero-order chi connectivity index (χ0) is 17.7. The summed E-state index contributed by atoms with van der Waals surface area (Å²) in [6.45, 7) is 3.59. The van der Waals surface area contributed by atoms with Crippen molar-refractivity contribution in [2.75, 3.05) is 7.11 Å². The van der Waals surface area contributed by atoms with Gasteiger partial charge in [0.15, 0.2) is 17.6 Å². The highest BCUT2D eigenvalue weighted by Gasteiger charge is 2.15. The molecule has 126 valence electrons. The van der Waals surface area contributed by atoms with Crippen LogP contribution in [0.25, 0.3) is 0 Å². The first-order valence-corrected chi connectivity index (χ1v) is 8.08. The highest BCUT2D eigenvalue weighted by Crippen LogP contribution is 2.28. The molecule has 1 amide bonds. The van der Waals surface area contributed by atoms with Crippen molar-refractivity contribution in [3.05, 3.63) is 52.0 Å². The van der Waals surface area contributed by atoms with Crippen LogP contribution >= 0.6 is 15.9 Å². The third-order valence-corrected chi connectivity index (χ3v) is 3.94. The molecule has 2 aromatic rings. The number of phenols is 1. The van der Waals surface area contributed by atoms with Crippen molar-refractivity contribution in [2.24, 2.45) is 4.99 Å². The van der Waals surface area contributed by atoms with E-state index in [0.29, 0.717) is 17.1 Å². The molecule has 0 radical (unpaired) electrons. The van der Waals surface area contributed by atoms with Gasteiger partial charge in [0.1, 0.15) is 5.75 Å². The molecule has 0 aliphatic heterocycles. The fraction of sp³-hybridized carbons (Fsp3) is 0.222. The van der Waals surface area contributed by atoms with Crippen LogP contribution in [0, 0.1) is 6.92 Å². The van der Waals surface area contributed by atoms with Crippen molar-refractivity contribution in [1.82, 2.24) is 0 Å². The third-order valence-electron chi connectivity index (χ3n) is 3.32. The molecule has 5 nitrogen and oxygen atoms in total. The summed E-state index contributed by atoms with van der Waals surface area (Å²) in [4.78, 5) is 16.0. The molecule has 1 unspecified atom stereocenters. The Morgan fingerprint density at radius 1 is 1.29 bits per heavy atom. The summed E-state index contributed by atoms with van der Waals surface area (Å²) in [5.41, 5.74) is 1.48. The Bertz CT molecular complexity index is 774. The maximum atomic E-state index is 12.1. The summed E-state index contributed by atoms with van der Waals surface area (Å²) in [5.74, 6) is 0.372. The van der Waals surface area contributed by atoms with Crippen molar-refractivity contribution in [3.63, 3.8) is 0 Å². The van der Waals surface area contributed by atoms with Crippen molar-refractivity contribution in [3.8, 4) is 17.2 Å². The Morgan fingerprint density at radius 2 is 2.04 bits per heavy atom. The minimum atomic E-state index is -0.756. The number of aliphatic imine (C=N–C) groups is 1. The number of benzene rings is 2. The molecule has 0 fully saturated rings. The summed E-state index contributed by atoms with van der Waals surface area (Å²) >= 11 is 3.40. The Labute approximate surface area is 149 Å². The normalized spacial score (nSPS) is 12.2. The highest BCUT2D eigenvalue weighted by atomic mass is 79.9. The Kier molecular flexibility index (Phi) is 5.98. The van der Waals surface area contributed by atoms with Crippen LogP contribution in [0.15, 0.2) is 45.9 Å². The smallest absolute Gasteiger partial charge is 0.286 e. The van der Waals surface area contributed by atoms with Crippen LogP contribution < -0.4 is 9.47 Å². The van der Waals surface area contributed by atoms with Crippen LogP contribution in [0.1, 0.15) is 18.1 Å². The number of aromatic hydroxyl groups is 1. The largest absolute Gasteiger partial charge is 0.504 e. The quantitative estimate of drug-likeness (QED) is 0.785. The molecule has 2 rings (SSSR count). The monoisotopic (exact) mass is 391 g/mol. The maximum absolute atomic E-state index is 12.1. The first-order valence-electron chi connectivity index (χ1n) is 7.29. The van der Waals surface area contributed by atoms with Crippen LogP contribution in [0.4, 0.5) is 0 Å². The standard InChI is InChI=1S/C18H18BrNO4/c1-11-7-8-15(14(19)9-11)24-12(2)18(22)20-10-13-5-4-6-16(23-3)17(13)21/h4-10,12,21H,1-3H3. The lowest BCUT2D eigenvalue weighted by atomic mass is 10.2. The first kappa shape index (κ1) is 18.0. The molecule has 0 aliphatic carbocycles. The number of halogens is 1. The number of nitrogens with zero attached hydrogens (tertiary/aromatic N) is 1. The lowest BCUT2D eigenvalue weighted by Crippen LogP contribution is -2.22. The minimum absolute atomic E-state index is 0.0635. The van der Waals surface area contributed by atoms with Crippen LogP contribution in [0.3, 0.4) is 0 Å². The van der Waals surface area contributed by atoms with E-state index < -0.39 is 12.0 Å². The highest BCUT2D eigenvalue weighted by molar-refractivity contribution is 9.10. The van der Waals surface area contributed by atoms with E-state index in [0.717, 1.165) is 10.0 Å². The second-order valence-corrected chi connectivity index (χ2v) is 6.04. The van der Waals surface area contributed by atoms with Gasteiger partial charge in [-0.2, -0.15) is 0 Å². The SMILES string of the molecule is COc1cccc(C=NC(=O)C(C)Oc2ccc(C)cc2Br)c1O. The van der Waals surface area contributed by atoms with Gasteiger partial charge in [-0.3, -0.25) is 4.79 Å². The van der Waals surface area contributed by atoms with Gasteiger partial charge in [-0.15, -0.1) is 0 Å². The third kappa shape index (κ3) is 4.35. The van der Waals surface area contributed by atoms with Crippen molar-refractivity contribution >= 4 is 28.1 Å². The van der Waals surface area contributed by atoms with E-state index in [1.54, 1.807) is 31.2 Å². The summed E-state index contributed by atoms with van der Waals surface area (Å²) in [6, 6.07) is 10.6. The van der Waals surface area contributed by atoms with Crippen molar-refractivity contribution in [2.45, 2.75) is 20.0 Å². The predicted octanol–water partition coefficient (Wildman–Crippen LogP) is 3.88. The van der Waals surface area contributed by atoms with Gasteiger partial charge in [-0.05, 0) is 59.6 Å². The molecule has 2 aromatic carbocycles. The average Bonchev–Trinajstić information content (AvgIpc) is 2.56. The topological polar surface area (TPSA) is 68.1 Å². The molecule has 24 heavy (non-hydrogen) atoms. The Hall–Kier alpha value is -2.34. The number of rotatable bonds is 5. The molecule has 0 bridgehead atoms. The van der Waals surface area contributed by atoms with E-state index in [1.165, 1.54) is 13.3 Å². The minimum Gasteiger partial charge on any atom is -0.504 e. The van der Waals surface area contributed by atoms with Crippen molar-refractivity contribution < 1.29 is 19.4 Å². The zero-order valence-corrected chi connectivity index (χ0v) is 15.2. The molecule has 0 saturated heterocycles. The summed E-state index contributed by atoms with van der Waals surface area (Å²) in [5, 5.41) is 9.97. The molecule has 0 saturated carbocycles. The number of carbonyl (C=O) groups is 1. The molecule has 1 atom stereocenters. The Morgan fingerprint density at radius 3 is 2.71 bits per heavy atom.